The van der Waals surface area contributed by atoms with Crippen LogP contribution in [0.15, 0.2) is 24.3 Å². The first kappa shape index (κ1) is 8.04. The maximum atomic E-state index is 11.1. The monoisotopic (exact) mass is 188 g/mol. The van der Waals surface area contributed by atoms with Gasteiger partial charge in [0.25, 0.3) is 0 Å². The van der Waals surface area contributed by atoms with Gasteiger partial charge in [0.05, 0.1) is 0 Å². The Morgan fingerprint density at radius 2 is 1.79 bits per heavy atom. The summed E-state index contributed by atoms with van der Waals surface area (Å²) in [6, 6.07) is 8.37. The summed E-state index contributed by atoms with van der Waals surface area (Å²) in [5.74, 6) is -0.0298. The van der Waals surface area contributed by atoms with Gasteiger partial charge in [0, 0.05) is 19.3 Å². The lowest BCUT2D eigenvalue weighted by atomic mass is 9.97. The lowest BCUT2D eigenvalue weighted by Crippen LogP contribution is -2.28. The maximum Gasteiger partial charge on any atom is 0.306 e. The van der Waals surface area contributed by atoms with Gasteiger partial charge in [-0.1, -0.05) is 24.3 Å². The molecule has 0 unspecified atom stereocenters. The number of ether oxygens (including phenoxy) is 1. The summed E-state index contributed by atoms with van der Waals surface area (Å²) in [6.07, 6.45) is 3.30. The molecule has 1 aliphatic heterocycles. The van der Waals surface area contributed by atoms with Crippen LogP contribution in [-0.4, -0.2) is 11.6 Å². The van der Waals surface area contributed by atoms with Crippen molar-refractivity contribution < 1.29 is 9.53 Å². The number of hydrogen-bond acceptors (Lipinski definition) is 2. The Morgan fingerprint density at radius 1 is 1.14 bits per heavy atom. The maximum absolute atomic E-state index is 11.1. The van der Waals surface area contributed by atoms with Crippen LogP contribution in [0.2, 0.25) is 0 Å². The van der Waals surface area contributed by atoms with E-state index in [1.807, 2.05) is 0 Å². The molecule has 0 bridgehead atoms. The van der Waals surface area contributed by atoms with Crippen molar-refractivity contribution in [1.29, 1.82) is 0 Å². The third kappa shape index (κ3) is 1.07. The van der Waals surface area contributed by atoms with E-state index in [-0.39, 0.29) is 11.6 Å². The van der Waals surface area contributed by atoms with E-state index >= 15 is 0 Å². The lowest BCUT2D eigenvalue weighted by molar-refractivity contribution is -0.147. The van der Waals surface area contributed by atoms with Crippen molar-refractivity contribution in [3.8, 4) is 0 Å². The fourth-order valence-electron chi connectivity index (χ4n) is 2.58. The van der Waals surface area contributed by atoms with Crippen molar-refractivity contribution in [2.45, 2.75) is 31.3 Å². The quantitative estimate of drug-likeness (QED) is 0.581. The molecule has 1 aromatic rings. The highest BCUT2D eigenvalue weighted by molar-refractivity contribution is 5.72. The number of esters is 1. The van der Waals surface area contributed by atoms with E-state index in [0.29, 0.717) is 6.42 Å². The fraction of sp³-hybridized carbons (Fsp3) is 0.417. The van der Waals surface area contributed by atoms with E-state index in [2.05, 4.69) is 24.3 Å². The van der Waals surface area contributed by atoms with Crippen LogP contribution < -0.4 is 0 Å². The van der Waals surface area contributed by atoms with Crippen LogP contribution in [0, 0.1) is 0 Å². The van der Waals surface area contributed by atoms with Crippen LogP contribution in [0.5, 0.6) is 0 Å². The molecule has 72 valence electrons. The average molecular weight is 188 g/mol. The van der Waals surface area contributed by atoms with Crippen molar-refractivity contribution in [2.75, 3.05) is 0 Å². The molecule has 0 atom stereocenters. The van der Waals surface area contributed by atoms with Gasteiger partial charge in [-0.25, -0.2) is 0 Å². The topological polar surface area (TPSA) is 26.3 Å². The Bertz CT molecular complexity index is 370. The fourth-order valence-corrected chi connectivity index (χ4v) is 2.58. The molecule has 1 aliphatic carbocycles. The standard InChI is InChI=1S/C12H12O2/c13-11-5-6-12(14-11)7-9-3-1-2-4-10(9)8-12/h1-4H,5-8H2. The van der Waals surface area contributed by atoms with Crippen molar-refractivity contribution >= 4 is 5.97 Å². The summed E-state index contributed by atoms with van der Waals surface area (Å²) in [6.45, 7) is 0. The number of benzene rings is 1. The minimum Gasteiger partial charge on any atom is -0.458 e. The van der Waals surface area contributed by atoms with Crippen LogP contribution in [0.25, 0.3) is 0 Å². The minimum atomic E-state index is -0.180. The number of rotatable bonds is 0. The van der Waals surface area contributed by atoms with E-state index in [1.54, 1.807) is 0 Å². The molecule has 1 aromatic carbocycles. The van der Waals surface area contributed by atoms with Gasteiger partial charge in [-0.15, -0.1) is 0 Å². The van der Waals surface area contributed by atoms with Crippen LogP contribution in [0.1, 0.15) is 24.0 Å². The summed E-state index contributed by atoms with van der Waals surface area (Å²) in [5, 5.41) is 0. The first-order valence-electron chi connectivity index (χ1n) is 5.06. The molecule has 0 saturated carbocycles. The SMILES string of the molecule is O=C1CCC2(Cc3ccccc3C2)O1. The zero-order chi connectivity index (χ0) is 9.60. The molecule has 1 spiro atoms. The lowest BCUT2D eigenvalue weighted by Gasteiger charge is -2.20. The van der Waals surface area contributed by atoms with Gasteiger partial charge in [0.1, 0.15) is 5.60 Å². The zero-order valence-corrected chi connectivity index (χ0v) is 7.95. The molecule has 3 rings (SSSR count). The third-order valence-electron chi connectivity index (χ3n) is 3.26. The minimum absolute atomic E-state index is 0.0298. The molecular weight excluding hydrogens is 176 g/mol. The van der Waals surface area contributed by atoms with Gasteiger partial charge in [0.15, 0.2) is 0 Å². The molecule has 0 radical (unpaired) electrons. The van der Waals surface area contributed by atoms with E-state index in [4.69, 9.17) is 4.74 Å². The summed E-state index contributed by atoms with van der Waals surface area (Å²) >= 11 is 0. The Morgan fingerprint density at radius 3 is 2.29 bits per heavy atom. The van der Waals surface area contributed by atoms with Gasteiger partial charge in [0.2, 0.25) is 0 Å². The molecule has 0 amide bonds. The number of hydrogen-bond donors (Lipinski definition) is 0. The highest BCUT2D eigenvalue weighted by Gasteiger charge is 2.44. The summed E-state index contributed by atoms with van der Waals surface area (Å²) in [5.41, 5.74) is 2.52. The van der Waals surface area contributed by atoms with Gasteiger partial charge in [-0.05, 0) is 17.5 Å². The zero-order valence-electron chi connectivity index (χ0n) is 7.95. The smallest absolute Gasteiger partial charge is 0.306 e. The Labute approximate surface area is 82.9 Å². The average Bonchev–Trinajstić information content (AvgIpc) is 2.69. The van der Waals surface area contributed by atoms with E-state index < -0.39 is 0 Å². The molecule has 0 N–H and O–H groups in total. The first-order chi connectivity index (χ1) is 6.77. The van der Waals surface area contributed by atoms with Crippen LogP contribution in [0.4, 0.5) is 0 Å². The van der Waals surface area contributed by atoms with Crippen molar-refractivity contribution in [2.24, 2.45) is 0 Å². The van der Waals surface area contributed by atoms with E-state index in [9.17, 15) is 4.79 Å². The number of carbonyl (C=O) groups is 1. The predicted octanol–water partition coefficient (Wildman–Crippen LogP) is 1.86. The predicted molar refractivity (Wildman–Crippen MR) is 51.9 cm³/mol. The Hall–Kier alpha value is -1.31. The van der Waals surface area contributed by atoms with Gasteiger partial charge < -0.3 is 4.74 Å². The van der Waals surface area contributed by atoms with Crippen LogP contribution in [-0.2, 0) is 22.4 Å². The van der Waals surface area contributed by atoms with Crippen molar-refractivity contribution in [3.05, 3.63) is 35.4 Å². The van der Waals surface area contributed by atoms with Gasteiger partial charge >= 0.3 is 5.97 Å². The Kier molecular flexibility index (Phi) is 1.49. The van der Waals surface area contributed by atoms with Crippen molar-refractivity contribution in [3.63, 3.8) is 0 Å². The summed E-state index contributed by atoms with van der Waals surface area (Å²) in [4.78, 5) is 11.1. The molecular formula is C12H12O2. The molecule has 2 nitrogen and oxygen atoms in total. The molecule has 0 aromatic heterocycles. The van der Waals surface area contributed by atoms with Crippen molar-refractivity contribution in [1.82, 2.24) is 0 Å². The first-order valence-corrected chi connectivity index (χ1v) is 5.06. The second-order valence-corrected chi connectivity index (χ2v) is 4.28. The van der Waals surface area contributed by atoms with Crippen LogP contribution >= 0.6 is 0 Å². The van der Waals surface area contributed by atoms with Gasteiger partial charge in [-0.2, -0.15) is 0 Å². The van der Waals surface area contributed by atoms with Crippen LogP contribution in [0.3, 0.4) is 0 Å². The second-order valence-electron chi connectivity index (χ2n) is 4.28. The molecule has 2 heteroatoms. The van der Waals surface area contributed by atoms with Gasteiger partial charge in [-0.3, -0.25) is 4.79 Å². The van der Waals surface area contributed by atoms with E-state index in [0.717, 1.165) is 19.3 Å². The highest BCUT2D eigenvalue weighted by atomic mass is 16.6. The molecule has 1 fully saturated rings. The largest absolute Gasteiger partial charge is 0.458 e. The third-order valence-corrected chi connectivity index (χ3v) is 3.26. The Balaban J connectivity index is 1.94. The molecule has 2 aliphatic rings. The summed E-state index contributed by atoms with van der Waals surface area (Å²) < 4.78 is 5.45. The molecule has 14 heavy (non-hydrogen) atoms. The number of carbonyl (C=O) groups excluding carboxylic acids is 1. The number of fused-ring (bicyclic) bond motifs is 1. The highest BCUT2D eigenvalue weighted by Crippen LogP contribution is 2.39. The molecule has 1 heterocycles. The van der Waals surface area contributed by atoms with E-state index in [1.165, 1.54) is 11.1 Å². The normalized spacial score (nSPS) is 22.4. The second kappa shape index (κ2) is 2.59. The molecule has 1 saturated heterocycles. The summed E-state index contributed by atoms with van der Waals surface area (Å²) in [7, 11) is 0.